The van der Waals surface area contributed by atoms with E-state index in [0.717, 1.165) is 16.0 Å². The minimum absolute atomic E-state index is 0.264. The Labute approximate surface area is 181 Å². The maximum atomic E-state index is 12.7. The van der Waals surface area contributed by atoms with Gasteiger partial charge in [-0.15, -0.1) is 0 Å². The lowest BCUT2D eigenvalue weighted by Crippen LogP contribution is -2.49. The Balaban J connectivity index is 1.57. The molecule has 0 fully saturated rings. The first-order valence-electron chi connectivity index (χ1n) is 10.3. The summed E-state index contributed by atoms with van der Waals surface area (Å²) in [6.45, 7) is 5.38. The molecule has 1 N–H and O–H groups in total. The van der Waals surface area contributed by atoms with Crippen LogP contribution in [-0.4, -0.2) is 47.8 Å². The molecule has 0 aromatic heterocycles. The van der Waals surface area contributed by atoms with Crippen LogP contribution in [0.4, 0.5) is 0 Å². The van der Waals surface area contributed by atoms with Gasteiger partial charge in [0, 0.05) is 6.54 Å². The number of hydrogen-bond acceptors (Lipinski definition) is 5. The van der Waals surface area contributed by atoms with Gasteiger partial charge in [0.15, 0.2) is 6.61 Å². The van der Waals surface area contributed by atoms with Crippen LogP contribution in [0.15, 0.2) is 48.5 Å². The summed E-state index contributed by atoms with van der Waals surface area (Å²) in [6.07, 6.45) is 0.663. The first-order valence-corrected chi connectivity index (χ1v) is 10.3. The minimum Gasteiger partial charge on any atom is -0.454 e. The van der Waals surface area contributed by atoms with Gasteiger partial charge in [0.25, 0.3) is 17.7 Å². The van der Waals surface area contributed by atoms with E-state index in [0.29, 0.717) is 13.0 Å². The van der Waals surface area contributed by atoms with E-state index in [2.05, 4.69) is 5.32 Å². The van der Waals surface area contributed by atoms with E-state index in [4.69, 9.17) is 4.74 Å². The SMILES string of the molecule is Cc1ccccc1CCNC(=O)COC(=O)[C@H](C(C)C)N1C(=O)c2ccccc2C1=O. The van der Waals surface area contributed by atoms with Gasteiger partial charge in [-0.05, 0) is 42.5 Å². The highest BCUT2D eigenvalue weighted by molar-refractivity contribution is 6.22. The van der Waals surface area contributed by atoms with Gasteiger partial charge in [-0.25, -0.2) is 4.79 Å². The second-order valence-electron chi connectivity index (χ2n) is 7.85. The number of amides is 3. The summed E-state index contributed by atoms with van der Waals surface area (Å²) in [6, 6.07) is 13.2. The lowest BCUT2D eigenvalue weighted by molar-refractivity contribution is -0.153. The number of carbonyl (C=O) groups is 4. The Morgan fingerprint density at radius 3 is 2.13 bits per heavy atom. The summed E-state index contributed by atoms with van der Waals surface area (Å²) in [5, 5.41) is 2.72. The lowest BCUT2D eigenvalue weighted by atomic mass is 10.0. The molecule has 3 amide bonds. The van der Waals surface area contributed by atoms with E-state index in [1.165, 1.54) is 0 Å². The first-order chi connectivity index (χ1) is 14.8. The topological polar surface area (TPSA) is 92.8 Å². The Morgan fingerprint density at radius 1 is 0.968 bits per heavy atom. The third-order valence-corrected chi connectivity index (χ3v) is 5.30. The highest BCUT2D eigenvalue weighted by Gasteiger charge is 2.44. The van der Waals surface area contributed by atoms with Gasteiger partial charge < -0.3 is 10.1 Å². The van der Waals surface area contributed by atoms with E-state index in [9.17, 15) is 19.2 Å². The van der Waals surface area contributed by atoms with Gasteiger partial charge in [-0.1, -0.05) is 50.2 Å². The van der Waals surface area contributed by atoms with Crippen molar-refractivity contribution < 1.29 is 23.9 Å². The maximum Gasteiger partial charge on any atom is 0.330 e. The molecular weight excluding hydrogens is 396 g/mol. The quantitative estimate of drug-likeness (QED) is 0.521. The van der Waals surface area contributed by atoms with Gasteiger partial charge in [0.2, 0.25) is 0 Å². The zero-order valence-electron chi connectivity index (χ0n) is 17.9. The smallest absolute Gasteiger partial charge is 0.330 e. The Hall–Kier alpha value is -3.48. The normalized spacial score (nSPS) is 13.9. The summed E-state index contributed by atoms with van der Waals surface area (Å²) >= 11 is 0. The van der Waals surface area contributed by atoms with Crippen LogP contribution in [0.25, 0.3) is 0 Å². The molecule has 1 aliphatic rings. The second kappa shape index (κ2) is 9.55. The summed E-state index contributed by atoms with van der Waals surface area (Å²) in [5.74, 6) is -2.65. The minimum atomic E-state index is -1.10. The average molecular weight is 422 g/mol. The van der Waals surface area contributed by atoms with E-state index >= 15 is 0 Å². The van der Waals surface area contributed by atoms with Crippen LogP contribution in [-0.2, 0) is 20.7 Å². The predicted molar refractivity (Wildman–Crippen MR) is 114 cm³/mol. The number of carbonyl (C=O) groups excluding carboxylic acids is 4. The van der Waals surface area contributed by atoms with E-state index in [-0.39, 0.29) is 17.0 Å². The van der Waals surface area contributed by atoms with Gasteiger partial charge in [0.1, 0.15) is 6.04 Å². The van der Waals surface area contributed by atoms with Crippen molar-refractivity contribution in [3.8, 4) is 0 Å². The highest BCUT2D eigenvalue weighted by Crippen LogP contribution is 2.27. The summed E-state index contributed by atoms with van der Waals surface area (Å²) in [7, 11) is 0. The standard InChI is InChI=1S/C24H26N2O5/c1-15(2)21(26-22(28)18-10-6-7-11-19(18)23(26)29)24(30)31-14-20(27)25-13-12-17-9-5-4-8-16(17)3/h4-11,15,21H,12-14H2,1-3H3,(H,25,27)/t21-/m0/s1. The molecule has 0 saturated heterocycles. The summed E-state index contributed by atoms with van der Waals surface area (Å²) < 4.78 is 5.16. The summed E-state index contributed by atoms with van der Waals surface area (Å²) in [4.78, 5) is 51.2. The Morgan fingerprint density at radius 2 is 1.55 bits per heavy atom. The van der Waals surface area contributed by atoms with Crippen molar-refractivity contribution in [3.05, 3.63) is 70.8 Å². The van der Waals surface area contributed by atoms with Crippen molar-refractivity contribution >= 4 is 23.7 Å². The number of aryl methyl sites for hydroxylation is 1. The van der Waals surface area contributed by atoms with Crippen molar-refractivity contribution in [1.29, 1.82) is 0 Å². The number of esters is 1. The third-order valence-electron chi connectivity index (χ3n) is 5.30. The van der Waals surface area contributed by atoms with Crippen molar-refractivity contribution in [3.63, 3.8) is 0 Å². The van der Waals surface area contributed by atoms with Crippen molar-refractivity contribution in [2.24, 2.45) is 5.92 Å². The molecule has 0 spiro atoms. The number of ether oxygens (including phenoxy) is 1. The molecule has 0 aliphatic carbocycles. The Bertz CT molecular complexity index is 980. The van der Waals surface area contributed by atoms with Crippen LogP contribution >= 0.6 is 0 Å². The number of rotatable bonds is 8. The molecule has 7 nitrogen and oxygen atoms in total. The first kappa shape index (κ1) is 22.2. The fourth-order valence-corrected chi connectivity index (χ4v) is 3.64. The molecule has 0 unspecified atom stereocenters. The monoisotopic (exact) mass is 422 g/mol. The van der Waals surface area contributed by atoms with Gasteiger partial charge in [-0.3, -0.25) is 19.3 Å². The molecule has 0 saturated carbocycles. The largest absolute Gasteiger partial charge is 0.454 e. The number of fused-ring (bicyclic) bond motifs is 1. The zero-order valence-corrected chi connectivity index (χ0v) is 17.9. The predicted octanol–water partition coefficient (Wildman–Crippen LogP) is 2.52. The lowest BCUT2D eigenvalue weighted by Gasteiger charge is -2.27. The molecule has 31 heavy (non-hydrogen) atoms. The molecule has 1 heterocycles. The molecule has 0 bridgehead atoms. The van der Waals surface area contributed by atoms with E-state index in [1.54, 1.807) is 38.1 Å². The molecule has 3 rings (SSSR count). The number of nitrogens with zero attached hydrogens (tertiary/aromatic N) is 1. The number of benzene rings is 2. The van der Waals surface area contributed by atoms with Gasteiger partial charge in [-0.2, -0.15) is 0 Å². The molecule has 1 atom stereocenters. The van der Waals surface area contributed by atoms with Crippen molar-refractivity contribution in [1.82, 2.24) is 10.2 Å². The zero-order chi connectivity index (χ0) is 22.5. The fourth-order valence-electron chi connectivity index (χ4n) is 3.64. The molecular formula is C24H26N2O5. The van der Waals surface area contributed by atoms with Crippen LogP contribution in [0, 0.1) is 12.8 Å². The second-order valence-corrected chi connectivity index (χ2v) is 7.85. The van der Waals surface area contributed by atoms with Crippen LogP contribution in [0.3, 0.4) is 0 Å². The van der Waals surface area contributed by atoms with Crippen LogP contribution < -0.4 is 5.32 Å². The summed E-state index contributed by atoms with van der Waals surface area (Å²) in [5.41, 5.74) is 2.80. The van der Waals surface area contributed by atoms with E-state index in [1.807, 2.05) is 31.2 Å². The maximum absolute atomic E-state index is 12.7. The van der Waals surface area contributed by atoms with Crippen LogP contribution in [0.5, 0.6) is 0 Å². The molecule has 2 aromatic rings. The number of nitrogens with one attached hydrogen (secondary N) is 1. The third kappa shape index (κ3) is 4.82. The molecule has 0 radical (unpaired) electrons. The fraction of sp³-hybridized carbons (Fsp3) is 0.333. The van der Waals surface area contributed by atoms with Crippen LogP contribution in [0.1, 0.15) is 45.7 Å². The number of hydrogen-bond donors (Lipinski definition) is 1. The van der Waals surface area contributed by atoms with Crippen molar-refractivity contribution in [2.45, 2.75) is 33.2 Å². The van der Waals surface area contributed by atoms with Gasteiger partial charge >= 0.3 is 5.97 Å². The molecule has 1 aliphatic heterocycles. The highest BCUT2D eigenvalue weighted by atomic mass is 16.5. The van der Waals surface area contributed by atoms with E-state index < -0.39 is 36.3 Å². The molecule has 7 heteroatoms. The van der Waals surface area contributed by atoms with Crippen molar-refractivity contribution in [2.75, 3.05) is 13.2 Å². The molecule has 2 aromatic carbocycles. The average Bonchev–Trinajstić information content (AvgIpc) is 2.99. The Kier molecular flexibility index (Phi) is 6.84. The van der Waals surface area contributed by atoms with Gasteiger partial charge in [0.05, 0.1) is 11.1 Å². The molecule has 162 valence electrons. The number of imide groups is 1. The van der Waals surface area contributed by atoms with Crippen LogP contribution in [0.2, 0.25) is 0 Å².